The van der Waals surface area contributed by atoms with E-state index in [1.807, 2.05) is 13.8 Å². The zero-order chi connectivity index (χ0) is 11.5. The molecule has 0 atom stereocenters. The van der Waals surface area contributed by atoms with Crippen LogP contribution in [0.1, 0.15) is 11.1 Å². The van der Waals surface area contributed by atoms with E-state index in [9.17, 15) is 13.2 Å². The van der Waals surface area contributed by atoms with Crippen molar-refractivity contribution in [3.05, 3.63) is 29.3 Å². The Kier molecular flexibility index (Phi) is 3.60. The summed E-state index contributed by atoms with van der Waals surface area (Å²) < 4.78 is 25.3. The molecule has 0 spiro atoms. The molecule has 5 heteroatoms. The van der Waals surface area contributed by atoms with E-state index in [-0.39, 0.29) is 11.4 Å². The van der Waals surface area contributed by atoms with Gasteiger partial charge in [0.1, 0.15) is 6.29 Å². The number of aryl methyl sites for hydroxylation is 2. The zero-order valence-electron chi connectivity index (χ0n) is 8.65. The van der Waals surface area contributed by atoms with Crippen LogP contribution in [0, 0.1) is 13.8 Å². The summed E-state index contributed by atoms with van der Waals surface area (Å²) in [6.07, 6.45) is 0.512. The van der Waals surface area contributed by atoms with Crippen LogP contribution in [-0.2, 0) is 14.8 Å². The van der Waals surface area contributed by atoms with Gasteiger partial charge in [-0.1, -0.05) is 6.07 Å². The number of sulfonamides is 1. The minimum absolute atomic E-state index is 0.187. The van der Waals surface area contributed by atoms with Crippen LogP contribution < -0.4 is 4.72 Å². The third-order valence-corrected chi connectivity index (χ3v) is 3.57. The van der Waals surface area contributed by atoms with Gasteiger partial charge in [-0.3, -0.25) is 0 Å². The highest BCUT2D eigenvalue weighted by Crippen LogP contribution is 2.14. The fourth-order valence-corrected chi connectivity index (χ4v) is 2.14. The van der Waals surface area contributed by atoms with Crippen molar-refractivity contribution in [2.75, 3.05) is 6.54 Å². The molecule has 15 heavy (non-hydrogen) atoms. The maximum atomic E-state index is 11.6. The lowest BCUT2D eigenvalue weighted by atomic mass is 10.1. The van der Waals surface area contributed by atoms with Crippen LogP contribution in [0.3, 0.4) is 0 Å². The third kappa shape index (κ3) is 2.87. The summed E-state index contributed by atoms with van der Waals surface area (Å²) in [7, 11) is -3.54. The average Bonchev–Trinajstić information content (AvgIpc) is 2.19. The monoisotopic (exact) mass is 227 g/mol. The van der Waals surface area contributed by atoms with Crippen LogP contribution in [0.25, 0.3) is 0 Å². The maximum Gasteiger partial charge on any atom is 0.240 e. The van der Waals surface area contributed by atoms with Gasteiger partial charge < -0.3 is 4.79 Å². The van der Waals surface area contributed by atoms with E-state index in [1.54, 1.807) is 12.1 Å². The number of hydrogen-bond acceptors (Lipinski definition) is 3. The second-order valence-corrected chi connectivity index (χ2v) is 5.03. The number of aldehydes is 1. The smallest absolute Gasteiger partial charge is 0.240 e. The average molecular weight is 227 g/mol. The summed E-state index contributed by atoms with van der Waals surface area (Å²) in [5.74, 6) is 0. The van der Waals surface area contributed by atoms with Crippen molar-refractivity contribution in [2.45, 2.75) is 18.7 Å². The normalized spacial score (nSPS) is 11.3. The molecule has 0 aliphatic heterocycles. The highest BCUT2D eigenvalue weighted by Gasteiger charge is 2.13. The lowest BCUT2D eigenvalue weighted by Crippen LogP contribution is -2.25. The van der Waals surface area contributed by atoms with Gasteiger partial charge in [0.05, 0.1) is 11.4 Å². The van der Waals surface area contributed by atoms with E-state index in [0.29, 0.717) is 6.29 Å². The summed E-state index contributed by atoms with van der Waals surface area (Å²) in [5.41, 5.74) is 1.94. The molecule has 0 bridgehead atoms. The molecule has 0 aliphatic carbocycles. The summed E-state index contributed by atoms with van der Waals surface area (Å²) in [6, 6.07) is 4.85. The molecule has 0 radical (unpaired) electrons. The van der Waals surface area contributed by atoms with Gasteiger partial charge in [-0.15, -0.1) is 0 Å². The lowest BCUT2D eigenvalue weighted by molar-refractivity contribution is -0.106. The summed E-state index contributed by atoms with van der Waals surface area (Å²) in [6.45, 7) is 3.55. The molecule has 0 aliphatic rings. The van der Waals surface area contributed by atoms with Crippen molar-refractivity contribution in [3.8, 4) is 0 Å². The van der Waals surface area contributed by atoms with Gasteiger partial charge in [0.2, 0.25) is 10.0 Å². The summed E-state index contributed by atoms with van der Waals surface area (Å²) in [4.78, 5) is 10.3. The molecule has 1 rings (SSSR count). The Morgan fingerprint density at radius 3 is 2.47 bits per heavy atom. The van der Waals surface area contributed by atoms with E-state index >= 15 is 0 Å². The lowest BCUT2D eigenvalue weighted by Gasteiger charge is -2.06. The molecule has 4 nitrogen and oxygen atoms in total. The van der Waals surface area contributed by atoms with Crippen molar-refractivity contribution in [1.82, 2.24) is 4.72 Å². The first-order valence-corrected chi connectivity index (χ1v) is 5.96. The third-order valence-electron chi connectivity index (χ3n) is 2.15. The Bertz CT molecular complexity index is 466. The van der Waals surface area contributed by atoms with Gasteiger partial charge in [-0.05, 0) is 37.1 Å². The molecule has 0 fully saturated rings. The first-order chi connectivity index (χ1) is 6.97. The molecule has 0 aromatic heterocycles. The fourth-order valence-electron chi connectivity index (χ4n) is 1.11. The van der Waals surface area contributed by atoms with Crippen LogP contribution in [0.15, 0.2) is 23.1 Å². The number of nitrogens with one attached hydrogen (secondary N) is 1. The van der Waals surface area contributed by atoms with Crippen LogP contribution in [0.5, 0.6) is 0 Å². The SMILES string of the molecule is Cc1ccc(S(=O)(=O)NCC=O)cc1C. The Morgan fingerprint density at radius 2 is 1.93 bits per heavy atom. The molecule has 0 heterocycles. The molecular weight excluding hydrogens is 214 g/mol. The van der Waals surface area contributed by atoms with E-state index in [2.05, 4.69) is 4.72 Å². The van der Waals surface area contributed by atoms with Crippen LogP contribution in [0.4, 0.5) is 0 Å². The summed E-state index contributed by atoms with van der Waals surface area (Å²) in [5, 5.41) is 0. The quantitative estimate of drug-likeness (QED) is 0.773. The molecule has 1 aromatic carbocycles. The second kappa shape index (κ2) is 4.55. The van der Waals surface area contributed by atoms with E-state index in [4.69, 9.17) is 0 Å². The van der Waals surface area contributed by atoms with Gasteiger partial charge in [0.15, 0.2) is 0 Å². The number of benzene rings is 1. The van der Waals surface area contributed by atoms with E-state index in [0.717, 1.165) is 11.1 Å². The highest BCUT2D eigenvalue weighted by molar-refractivity contribution is 7.89. The van der Waals surface area contributed by atoms with Crippen LogP contribution in [-0.4, -0.2) is 21.2 Å². The Morgan fingerprint density at radius 1 is 1.27 bits per heavy atom. The predicted molar refractivity (Wildman–Crippen MR) is 57.2 cm³/mol. The van der Waals surface area contributed by atoms with Crippen molar-refractivity contribution in [2.24, 2.45) is 0 Å². The van der Waals surface area contributed by atoms with E-state index in [1.165, 1.54) is 6.07 Å². The Labute approximate surface area is 89.4 Å². The van der Waals surface area contributed by atoms with Crippen molar-refractivity contribution in [3.63, 3.8) is 0 Å². The molecule has 82 valence electrons. The topological polar surface area (TPSA) is 63.2 Å². The van der Waals surface area contributed by atoms with Gasteiger partial charge in [-0.2, -0.15) is 0 Å². The molecule has 1 aromatic rings. The molecule has 0 saturated heterocycles. The number of carbonyl (C=O) groups is 1. The molecule has 0 amide bonds. The highest BCUT2D eigenvalue weighted by atomic mass is 32.2. The van der Waals surface area contributed by atoms with Gasteiger partial charge in [-0.25, -0.2) is 13.1 Å². The molecule has 0 saturated carbocycles. The first-order valence-electron chi connectivity index (χ1n) is 4.48. The van der Waals surface area contributed by atoms with Crippen molar-refractivity contribution in [1.29, 1.82) is 0 Å². The fraction of sp³-hybridized carbons (Fsp3) is 0.300. The molecular formula is C10H13NO3S. The minimum Gasteiger partial charge on any atom is -0.302 e. The predicted octanol–water partition coefficient (Wildman–Crippen LogP) is 0.781. The minimum atomic E-state index is -3.54. The first kappa shape index (κ1) is 11.9. The summed E-state index contributed by atoms with van der Waals surface area (Å²) >= 11 is 0. The van der Waals surface area contributed by atoms with Crippen molar-refractivity contribution < 1.29 is 13.2 Å². The Hall–Kier alpha value is -1.20. The largest absolute Gasteiger partial charge is 0.302 e. The zero-order valence-corrected chi connectivity index (χ0v) is 9.47. The molecule has 0 unspecified atom stereocenters. The standard InChI is InChI=1S/C10H13NO3S/c1-8-3-4-10(7-9(8)2)15(13,14)11-5-6-12/h3-4,6-7,11H,5H2,1-2H3. The van der Waals surface area contributed by atoms with Gasteiger partial charge >= 0.3 is 0 Å². The van der Waals surface area contributed by atoms with Crippen molar-refractivity contribution >= 4 is 16.3 Å². The Balaban J connectivity index is 3.05. The van der Waals surface area contributed by atoms with Gasteiger partial charge in [0.25, 0.3) is 0 Å². The van der Waals surface area contributed by atoms with Gasteiger partial charge in [0, 0.05) is 0 Å². The van der Waals surface area contributed by atoms with E-state index < -0.39 is 10.0 Å². The molecule has 1 N–H and O–H groups in total. The van der Waals surface area contributed by atoms with Crippen LogP contribution in [0.2, 0.25) is 0 Å². The number of rotatable bonds is 4. The number of carbonyl (C=O) groups excluding carboxylic acids is 1. The maximum absolute atomic E-state index is 11.6. The van der Waals surface area contributed by atoms with Crippen LogP contribution >= 0.6 is 0 Å². The number of hydrogen-bond donors (Lipinski definition) is 1. The second-order valence-electron chi connectivity index (χ2n) is 3.26.